The Morgan fingerprint density at radius 3 is 2.56 bits per heavy atom. The number of aliphatic imine (C=N–C) groups is 1. The van der Waals surface area contributed by atoms with Crippen LogP contribution in [0, 0.1) is 0 Å². The first-order chi connectivity index (χ1) is 16.5. The predicted molar refractivity (Wildman–Crippen MR) is 129 cm³/mol. The van der Waals surface area contributed by atoms with E-state index in [1.807, 2.05) is 13.8 Å². The molecule has 4 rings (SSSR count). The Kier molecular flexibility index (Phi) is 7.96. The summed E-state index contributed by atoms with van der Waals surface area (Å²) in [6, 6.07) is 11.4. The second-order valence-electron chi connectivity index (χ2n) is 6.75. The Morgan fingerprint density at radius 2 is 1.88 bits per heavy atom. The number of halogens is 2. The molecule has 4 aromatic rings. The standard InChI is InChI=1S/C22H18F2N6O2.C2H6/c1-26-11-14-10-15(2-3-16(14)25)30-22(31)20(13-6-8-27-9-7-13)21-17(29-30)4-5-19(28-21)32-12-18(23)24;1-2/h2-11,18H,12,25H2,1H3;1-2H3. The van der Waals surface area contributed by atoms with Crippen molar-refractivity contribution in [2.45, 2.75) is 20.3 Å². The van der Waals surface area contributed by atoms with E-state index in [-0.39, 0.29) is 17.0 Å². The summed E-state index contributed by atoms with van der Waals surface area (Å²) < 4.78 is 31.4. The summed E-state index contributed by atoms with van der Waals surface area (Å²) in [5.74, 6) is -0.0269. The van der Waals surface area contributed by atoms with Crippen LogP contribution in [-0.2, 0) is 0 Å². The molecule has 2 N–H and O–H groups in total. The van der Waals surface area contributed by atoms with Gasteiger partial charge in [-0.05, 0) is 42.0 Å². The van der Waals surface area contributed by atoms with E-state index in [2.05, 4.69) is 20.1 Å². The van der Waals surface area contributed by atoms with Gasteiger partial charge in [-0.15, -0.1) is 0 Å². The van der Waals surface area contributed by atoms with E-state index in [0.717, 1.165) is 0 Å². The van der Waals surface area contributed by atoms with Gasteiger partial charge in [0.1, 0.15) is 11.0 Å². The normalized spacial score (nSPS) is 11.0. The molecule has 3 aromatic heterocycles. The fourth-order valence-electron chi connectivity index (χ4n) is 3.19. The SMILES string of the molecule is CC.CN=Cc1cc(-n2nc3ccc(OCC(F)F)nc3c(-c3ccncc3)c2=O)ccc1N. The minimum Gasteiger partial charge on any atom is -0.472 e. The molecule has 0 amide bonds. The lowest BCUT2D eigenvalue weighted by Crippen LogP contribution is -2.24. The summed E-state index contributed by atoms with van der Waals surface area (Å²) >= 11 is 0. The third-order valence-corrected chi connectivity index (χ3v) is 4.61. The second-order valence-corrected chi connectivity index (χ2v) is 6.75. The number of pyridine rings is 2. The molecule has 0 spiro atoms. The van der Waals surface area contributed by atoms with E-state index in [1.54, 1.807) is 62.1 Å². The average Bonchev–Trinajstić information content (AvgIpc) is 2.85. The van der Waals surface area contributed by atoms with Crippen LogP contribution in [0.25, 0.3) is 27.8 Å². The van der Waals surface area contributed by atoms with Crippen molar-refractivity contribution >= 4 is 22.9 Å². The van der Waals surface area contributed by atoms with Crippen LogP contribution < -0.4 is 16.0 Å². The van der Waals surface area contributed by atoms with Crippen LogP contribution in [0.15, 0.2) is 64.6 Å². The third kappa shape index (κ3) is 5.22. The van der Waals surface area contributed by atoms with E-state index in [4.69, 9.17) is 10.5 Å². The van der Waals surface area contributed by atoms with Gasteiger partial charge in [-0.2, -0.15) is 9.78 Å². The van der Waals surface area contributed by atoms with Crippen LogP contribution in [-0.4, -0.2) is 46.0 Å². The van der Waals surface area contributed by atoms with Gasteiger partial charge in [-0.3, -0.25) is 14.8 Å². The van der Waals surface area contributed by atoms with Crippen molar-refractivity contribution in [3.63, 3.8) is 0 Å². The number of aromatic nitrogens is 4. The highest BCUT2D eigenvalue weighted by molar-refractivity contribution is 5.91. The smallest absolute Gasteiger partial charge is 0.281 e. The molecular formula is C24H24F2N6O2. The van der Waals surface area contributed by atoms with Gasteiger partial charge in [0.25, 0.3) is 12.0 Å². The van der Waals surface area contributed by atoms with Gasteiger partial charge in [-0.25, -0.2) is 13.8 Å². The zero-order chi connectivity index (χ0) is 24.7. The average molecular weight is 466 g/mol. The van der Waals surface area contributed by atoms with Crippen molar-refractivity contribution in [1.29, 1.82) is 0 Å². The number of ether oxygens (including phenoxy) is 1. The maximum atomic E-state index is 13.5. The maximum absolute atomic E-state index is 13.5. The molecule has 0 aliphatic heterocycles. The lowest BCUT2D eigenvalue weighted by Gasteiger charge is -2.13. The molecule has 1 aromatic carbocycles. The zero-order valence-corrected chi connectivity index (χ0v) is 18.9. The second kappa shape index (κ2) is 11.1. The molecule has 0 atom stereocenters. The number of nitrogens with zero attached hydrogens (tertiary/aromatic N) is 5. The molecule has 3 heterocycles. The van der Waals surface area contributed by atoms with E-state index in [0.29, 0.717) is 28.0 Å². The van der Waals surface area contributed by atoms with Gasteiger partial charge in [0.15, 0.2) is 6.61 Å². The molecule has 0 saturated heterocycles. The number of alkyl halides is 2. The summed E-state index contributed by atoms with van der Waals surface area (Å²) in [6.45, 7) is 3.20. The fourth-order valence-corrected chi connectivity index (χ4v) is 3.19. The van der Waals surface area contributed by atoms with E-state index in [1.165, 1.54) is 10.7 Å². The van der Waals surface area contributed by atoms with Gasteiger partial charge < -0.3 is 10.5 Å². The van der Waals surface area contributed by atoms with Gasteiger partial charge in [0.05, 0.1) is 11.3 Å². The van der Waals surface area contributed by atoms with Crippen molar-refractivity contribution in [3.05, 3.63) is 70.8 Å². The largest absolute Gasteiger partial charge is 0.472 e. The predicted octanol–water partition coefficient (Wildman–Crippen LogP) is 4.14. The molecule has 10 heteroatoms. The highest BCUT2D eigenvalue weighted by atomic mass is 19.3. The van der Waals surface area contributed by atoms with Crippen molar-refractivity contribution in [2.75, 3.05) is 19.4 Å². The van der Waals surface area contributed by atoms with Crippen molar-refractivity contribution < 1.29 is 13.5 Å². The Labute approximate surface area is 194 Å². The zero-order valence-electron chi connectivity index (χ0n) is 18.9. The maximum Gasteiger partial charge on any atom is 0.281 e. The fraction of sp³-hybridized carbons (Fsp3) is 0.208. The number of rotatable bonds is 6. The van der Waals surface area contributed by atoms with Crippen molar-refractivity contribution in [3.8, 4) is 22.7 Å². The Bertz CT molecular complexity index is 1360. The van der Waals surface area contributed by atoms with Crippen LogP contribution in [0.4, 0.5) is 14.5 Å². The van der Waals surface area contributed by atoms with Gasteiger partial charge in [0.2, 0.25) is 5.88 Å². The summed E-state index contributed by atoms with van der Waals surface area (Å²) in [7, 11) is 1.62. The monoisotopic (exact) mass is 466 g/mol. The lowest BCUT2D eigenvalue weighted by atomic mass is 10.1. The number of fused-ring (bicyclic) bond motifs is 1. The molecule has 0 radical (unpaired) electrons. The third-order valence-electron chi connectivity index (χ3n) is 4.61. The highest BCUT2D eigenvalue weighted by Gasteiger charge is 2.18. The van der Waals surface area contributed by atoms with E-state index < -0.39 is 18.6 Å². The molecular weight excluding hydrogens is 442 g/mol. The lowest BCUT2D eigenvalue weighted by molar-refractivity contribution is 0.0798. The summed E-state index contributed by atoms with van der Waals surface area (Å²) in [6.07, 6.45) is 2.02. The number of hydrogen-bond donors (Lipinski definition) is 1. The first-order valence-corrected chi connectivity index (χ1v) is 10.6. The van der Waals surface area contributed by atoms with Gasteiger partial charge >= 0.3 is 0 Å². The number of anilines is 1. The summed E-state index contributed by atoms with van der Waals surface area (Å²) in [4.78, 5) is 25.8. The van der Waals surface area contributed by atoms with Crippen LogP contribution in [0.3, 0.4) is 0 Å². The van der Waals surface area contributed by atoms with Crippen LogP contribution in [0.1, 0.15) is 19.4 Å². The van der Waals surface area contributed by atoms with Gasteiger partial charge in [-0.1, -0.05) is 13.8 Å². The van der Waals surface area contributed by atoms with Crippen molar-refractivity contribution in [1.82, 2.24) is 19.7 Å². The molecule has 0 bridgehead atoms. The Balaban J connectivity index is 0.00000158. The molecule has 0 fully saturated rings. The Morgan fingerprint density at radius 1 is 1.15 bits per heavy atom. The minimum atomic E-state index is -2.65. The molecule has 34 heavy (non-hydrogen) atoms. The van der Waals surface area contributed by atoms with Gasteiger partial charge in [0, 0.05) is 43.0 Å². The van der Waals surface area contributed by atoms with Crippen molar-refractivity contribution in [2.24, 2.45) is 4.99 Å². The molecule has 0 unspecified atom stereocenters. The number of nitrogen functional groups attached to an aromatic ring is 1. The number of hydrogen-bond acceptors (Lipinski definition) is 7. The van der Waals surface area contributed by atoms with E-state index >= 15 is 0 Å². The Hall–Kier alpha value is -4.21. The van der Waals surface area contributed by atoms with Crippen LogP contribution in [0.5, 0.6) is 5.88 Å². The number of nitrogens with two attached hydrogens (primary N) is 1. The summed E-state index contributed by atoms with van der Waals surface area (Å²) in [5, 5.41) is 4.44. The highest BCUT2D eigenvalue weighted by Crippen LogP contribution is 2.26. The quantitative estimate of drug-likeness (QED) is 0.338. The van der Waals surface area contributed by atoms with Crippen LogP contribution in [0.2, 0.25) is 0 Å². The first kappa shape index (κ1) is 24.4. The molecule has 176 valence electrons. The van der Waals surface area contributed by atoms with E-state index in [9.17, 15) is 13.6 Å². The van der Waals surface area contributed by atoms with Crippen LogP contribution >= 0.6 is 0 Å². The molecule has 0 aliphatic carbocycles. The summed E-state index contributed by atoms with van der Waals surface area (Å²) in [5.41, 5.74) is 8.56. The molecule has 0 saturated carbocycles. The topological polar surface area (TPSA) is 108 Å². The molecule has 0 aliphatic rings. The minimum absolute atomic E-state index is 0.0269. The number of benzene rings is 1. The molecule has 8 nitrogen and oxygen atoms in total. The first-order valence-electron chi connectivity index (χ1n) is 10.6.